The molecule has 96 valence electrons. The number of thiophene rings is 1. The second kappa shape index (κ2) is 5.27. The Kier molecular flexibility index (Phi) is 3.91. The molecule has 0 aliphatic carbocycles. The monoisotopic (exact) mass is 336 g/mol. The van der Waals surface area contributed by atoms with Crippen LogP contribution in [0.3, 0.4) is 0 Å². The molecular formula is C11H8BrF3N2S. The molecule has 0 aliphatic rings. The predicted molar refractivity (Wildman–Crippen MR) is 68.6 cm³/mol. The van der Waals surface area contributed by atoms with Crippen LogP contribution in [-0.2, 0) is 12.7 Å². The van der Waals surface area contributed by atoms with E-state index in [1.807, 2.05) is 12.1 Å². The van der Waals surface area contributed by atoms with Crippen molar-refractivity contribution >= 4 is 33.1 Å². The number of anilines is 1. The van der Waals surface area contributed by atoms with Crippen molar-refractivity contribution < 1.29 is 13.2 Å². The minimum Gasteiger partial charge on any atom is -0.365 e. The first-order chi connectivity index (χ1) is 8.45. The molecule has 0 fully saturated rings. The van der Waals surface area contributed by atoms with Crippen LogP contribution in [0.5, 0.6) is 0 Å². The largest absolute Gasteiger partial charge is 0.416 e. The Labute approximate surface area is 114 Å². The average molecular weight is 337 g/mol. The van der Waals surface area contributed by atoms with Gasteiger partial charge in [0.2, 0.25) is 0 Å². The molecule has 18 heavy (non-hydrogen) atoms. The highest BCUT2D eigenvalue weighted by Gasteiger charge is 2.30. The molecule has 0 aliphatic heterocycles. The minimum atomic E-state index is -4.34. The maximum atomic E-state index is 12.5. The molecule has 0 bridgehead atoms. The van der Waals surface area contributed by atoms with Crippen LogP contribution in [0, 0.1) is 0 Å². The Hall–Kier alpha value is -1.08. The molecule has 2 rings (SSSR count). The summed E-state index contributed by atoms with van der Waals surface area (Å²) in [6, 6.07) is 5.74. The minimum absolute atomic E-state index is 0.217. The van der Waals surface area contributed by atoms with E-state index in [-0.39, 0.29) is 5.82 Å². The number of pyridine rings is 1. The topological polar surface area (TPSA) is 24.9 Å². The van der Waals surface area contributed by atoms with Crippen molar-refractivity contribution in [3.05, 3.63) is 44.7 Å². The van der Waals surface area contributed by atoms with Crippen LogP contribution in [0.15, 0.2) is 34.2 Å². The highest BCUT2D eigenvalue weighted by Crippen LogP contribution is 2.30. The zero-order valence-electron chi connectivity index (χ0n) is 8.96. The number of hydrogen-bond donors (Lipinski definition) is 1. The zero-order valence-corrected chi connectivity index (χ0v) is 11.4. The molecule has 0 saturated heterocycles. The number of nitrogens with zero attached hydrogens (tertiary/aromatic N) is 1. The molecule has 2 aromatic heterocycles. The van der Waals surface area contributed by atoms with Crippen molar-refractivity contribution in [2.75, 3.05) is 5.32 Å². The summed E-state index contributed by atoms with van der Waals surface area (Å²) in [4.78, 5) is 4.87. The molecule has 0 unspecified atom stereocenters. The van der Waals surface area contributed by atoms with Gasteiger partial charge in [-0.3, -0.25) is 0 Å². The van der Waals surface area contributed by atoms with Gasteiger partial charge < -0.3 is 5.32 Å². The summed E-state index contributed by atoms with van der Waals surface area (Å²) in [5.74, 6) is 0.217. The van der Waals surface area contributed by atoms with Crippen LogP contribution in [0.25, 0.3) is 0 Å². The van der Waals surface area contributed by atoms with E-state index < -0.39 is 11.7 Å². The van der Waals surface area contributed by atoms with E-state index in [0.717, 1.165) is 27.0 Å². The Balaban J connectivity index is 2.06. The third kappa shape index (κ3) is 3.46. The fourth-order valence-electron chi connectivity index (χ4n) is 1.33. The SMILES string of the molecule is FC(F)(F)c1ccnc(NCc2ccc(Br)s2)c1. The van der Waals surface area contributed by atoms with E-state index in [2.05, 4.69) is 26.2 Å². The third-order valence-electron chi connectivity index (χ3n) is 2.16. The Morgan fingerprint density at radius 3 is 2.67 bits per heavy atom. The number of aromatic nitrogens is 1. The summed E-state index contributed by atoms with van der Waals surface area (Å²) in [7, 11) is 0. The van der Waals surface area contributed by atoms with E-state index >= 15 is 0 Å². The standard InChI is InChI=1S/C11H8BrF3N2S/c12-9-2-1-8(18-9)6-17-10-5-7(3-4-16-10)11(13,14)15/h1-5H,6H2,(H,16,17). The smallest absolute Gasteiger partial charge is 0.365 e. The van der Waals surface area contributed by atoms with Gasteiger partial charge in [-0.2, -0.15) is 13.2 Å². The first-order valence-electron chi connectivity index (χ1n) is 4.96. The lowest BCUT2D eigenvalue weighted by molar-refractivity contribution is -0.137. The molecule has 7 heteroatoms. The van der Waals surface area contributed by atoms with Gasteiger partial charge in [-0.25, -0.2) is 4.98 Å². The van der Waals surface area contributed by atoms with Gasteiger partial charge >= 0.3 is 6.18 Å². The quantitative estimate of drug-likeness (QED) is 0.890. The van der Waals surface area contributed by atoms with Crippen LogP contribution < -0.4 is 5.32 Å². The first kappa shape index (κ1) is 13.4. The predicted octanol–water partition coefficient (Wildman–Crippen LogP) is 4.54. The van der Waals surface area contributed by atoms with Crippen LogP contribution in [-0.4, -0.2) is 4.98 Å². The molecule has 0 spiro atoms. The normalized spacial score (nSPS) is 11.6. The number of nitrogens with one attached hydrogen (secondary N) is 1. The van der Waals surface area contributed by atoms with Gasteiger partial charge in [0.15, 0.2) is 0 Å². The van der Waals surface area contributed by atoms with Crippen LogP contribution in [0.1, 0.15) is 10.4 Å². The van der Waals surface area contributed by atoms with Crippen molar-refractivity contribution in [2.24, 2.45) is 0 Å². The molecule has 2 heterocycles. The van der Waals surface area contributed by atoms with E-state index in [1.54, 1.807) is 0 Å². The summed E-state index contributed by atoms with van der Waals surface area (Å²) in [5, 5.41) is 2.87. The van der Waals surface area contributed by atoms with E-state index in [1.165, 1.54) is 11.3 Å². The Bertz CT molecular complexity index is 539. The molecular weight excluding hydrogens is 329 g/mol. The number of hydrogen-bond acceptors (Lipinski definition) is 3. The second-order valence-corrected chi connectivity index (χ2v) is 6.03. The molecule has 2 nitrogen and oxygen atoms in total. The molecule has 0 atom stereocenters. The van der Waals surface area contributed by atoms with Crippen molar-refractivity contribution in [1.29, 1.82) is 0 Å². The Morgan fingerprint density at radius 1 is 1.28 bits per heavy atom. The highest BCUT2D eigenvalue weighted by atomic mass is 79.9. The van der Waals surface area contributed by atoms with Gasteiger partial charge in [-0.15, -0.1) is 11.3 Å². The molecule has 2 aromatic rings. The summed E-state index contributed by atoms with van der Waals surface area (Å²) < 4.78 is 38.4. The van der Waals surface area contributed by atoms with Crippen LogP contribution in [0.4, 0.5) is 19.0 Å². The number of halogens is 4. The Morgan fingerprint density at radius 2 is 2.06 bits per heavy atom. The van der Waals surface area contributed by atoms with E-state index in [0.29, 0.717) is 6.54 Å². The first-order valence-corrected chi connectivity index (χ1v) is 6.57. The second-order valence-electron chi connectivity index (χ2n) is 3.49. The van der Waals surface area contributed by atoms with E-state index in [4.69, 9.17) is 0 Å². The lowest BCUT2D eigenvalue weighted by Crippen LogP contribution is -2.07. The van der Waals surface area contributed by atoms with Crippen LogP contribution >= 0.6 is 27.3 Å². The molecule has 0 aromatic carbocycles. The van der Waals surface area contributed by atoms with Gasteiger partial charge in [-0.1, -0.05) is 0 Å². The lowest BCUT2D eigenvalue weighted by Gasteiger charge is -2.09. The molecule has 0 saturated carbocycles. The van der Waals surface area contributed by atoms with Crippen LogP contribution in [0.2, 0.25) is 0 Å². The number of rotatable bonds is 3. The van der Waals surface area contributed by atoms with Crippen molar-refractivity contribution in [3.8, 4) is 0 Å². The maximum Gasteiger partial charge on any atom is 0.416 e. The third-order valence-corrected chi connectivity index (χ3v) is 3.78. The summed E-state index contributed by atoms with van der Waals surface area (Å²) in [6.07, 6.45) is -3.19. The fraction of sp³-hybridized carbons (Fsp3) is 0.182. The van der Waals surface area contributed by atoms with Gasteiger partial charge in [0.05, 0.1) is 15.9 Å². The zero-order chi connectivity index (χ0) is 13.2. The van der Waals surface area contributed by atoms with Crippen molar-refractivity contribution in [2.45, 2.75) is 12.7 Å². The van der Waals surface area contributed by atoms with Crippen molar-refractivity contribution in [3.63, 3.8) is 0 Å². The van der Waals surface area contributed by atoms with E-state index in [9.17, 15) is 13.2 Å². The molecule has 1 N–H and O–H groups in total. The molecule has 0 amide bonds. The summed E-state index contributed by atoms with van der Waals surface area (Å²) in [6.45, 7) is 0.449. The maximum absolute atomic E-state index is 12.5. The van der Waals surface area contributed by atoms with Gasteiger partial charge in [0, 0.05) is 11.1 Å². The van der Waals surface area contributed by atoms with Gasteiger partial charge in [0.1, 0.15) is 5.82 Å². The average Bonchev–Trinajstić information content (AvgIpc) is 2.72. The summed E-state index contributed by atoms with van der Waals surface area (Å²) >= 11 is 4.84. The van der Waals surface area contributed by atoms with Crippen molar-refractivity contribution in [1.82, 2.24) is 4.98 Å². The van der Waals surface area contributed by atoms with Gasteiger partial charge in [0.25, 0.3) is 0 Å². The highest BCUT2D eigenvalue weighted by molar-refractivity contribution is 9.11. The lowest BCUT2D eigenvalue weighted by atomic mass is 10.2. The molecule has 0 radical (unpaired) electrons. The van der Waals surface area contributed by atoms with Gasteiger partial charge in [-0.05, 0) is 40.2 Å². The number of alkyl halides is 3. The summed E-state index contributed by atoms with van der Waals surface area (Å²) in [5.41, 5.74) is -0.702. The fourth-order valence-corrected chi connectivity index (χ4v) is 2.75.